The summed E-state index contributed by atoms with van der Waals surface area (Å²) >= 11 is 0. The number of nitrogens with zero attached hydrogens (tertiary/aromatic N) is 2. The van der Waals surface area contributed by atoms with Gasteiger partial charge in [-0.2, -0.15) is 13.2 Å². The summed E-state index contributed by atoms with van der Waals surface area (Å²) in [6.45, 7) is 0. The zero-order chi connectivity index (χ0) is 17.5. The highest BCUT2D eigenvalue weighted by molar-refractivity contribution is 8.93. The standard InChI is InChI=1S/C17H14F3N3O.BrH/c1-23-14-8-3-2-5-11(14)10-22-16(21,15(23)24)12-6-4-7-13(9-12)17(18,19)20;/h2-10H,21H2,1H3;1H. The number of benzene rings is 2. The van der Waals surface area contributed by atoms with Gasteiger partial charge in [0.25, 0.3) is 5.91 Å². The molecular formula is C17H15BrF3N3O. The summed E-state index contributed by atoms with van der Waals surface area (Å²) in [4.78, 5) is 18.2. The molecule has 1 aliphatic heterocycles. The molecule has 3 rings (SSSR count). The molecular weight excluding hydrogens is 399 g/mol. The fourth-order valence-corrected chi connectivity index (χ4v) is 2.62. The van der Waals surface area contributed by atoms with Crippen LogP contribution in [-0.2, 0) is 16.6 Å². The van der Waals surface area contributed by atoms with Gasteiger partial charge in [-0.25, -0.2) is 0 Å². The normalized spacial score (nSPS) is 19.9. The number of fused-ring (bicyclic) bond motifs is 1. The molecule has 0 aromatic heterocycles. The number of rotatable bonds is 1. The Balaban J connectivity index is 0.00000225. The Morgan fingerprint density at radius 1 is 1.12 bits per heavy atom. The lowest BCUT2D eigenvalue weighted by atomic mass is 9.97. The first-order chi connectivity index (χ1) is 11.2. The lowest BCUT2D eigenvalue weighted by Crippen LogP contribution is -2.50. The van der Waals surface area contributed by atoms with Crippen LogP contribution in [-0.4, -0.2) is 19.2 Å². The van der Waals surface area contributed by atoms with Crippen molar-refractivity contribution in [2.45, 2.75) is 11.8 Å². The van der Waals surface area contributed by atoms with E-state index in [2.05, 4.69) is 4.99 Å². The van der Waals surface area contributed by atoms with Crippen molar-refractivity contribution in [1.82, 2.24) is 0 Å². The highest BCUT2D eigenvalue weighted by Gasteiger charge is 2.41. The van der Waals surface area contributed by atoms with Gasteiger partial charge >= 0.3 is 6.18 Å². The Morgan fingerprint density at radius 2 is 1.80 bits per heavy atom. The van der Waals surface area contributed by atoms with Crippen LogP contribution in [0.2, 0.25) is 0 Å². The number of benzodiazepines with no additional fused rings is 1. The predicted molar refractivity (Wildman–Crippen MR) is 95.1 cm³/mol. The van der Waals surface area contributed by atoms with Gasteiger partial charge in [-0.3, -0.25) is 15.5 Å². The largest absolute Gasteiger partial charge is 0.416 e. The molecule has 0 bridgehead atoms. The molecule has 2 N–H and O–H groups in total. The topological polar surface area (TPSA) is 58.7 Å². The van der Waals surface area contributed by atoms with Gasteiger partial charge in [0.15, 0.2) is 0 Å². The Bertz CT molecular complexity index is 838. The van der Waals surface area contributed by atoms with Crippen LogP contribution in [0.4, 0.5) is 18.9 Å². The second kappa shape index (κ2) is 6.61. The SMILES string of the molecule is Br.CN1C(=O)C(N)(c2cccc(C(F)(F)F)c2)N=Cc2ccccc21. The molecule has 2 aromatic rings. The van der Waals surface area contributed by atoms with Crippen LogP contribution in [0, 0.1) is 0 Å². The molecule has 1 unspecified atom stereocenters. The second-order valence-corrected chi connectivity index (χ2v) is 5.53. The van der Waals surface area contributed by atoms with Gasteiger partial charge in [0.05, 0.1) is 11.3 Å². The van der Waals surface area contributed by atoms with E-state index >= 15 is 0 Å². The number of carbonyl (C=O) groups excluding carboxylic acids is 1. The number of alkyl halides is 3. The molecule has 0 saturated heterocycles. The zero-order valence-corrected chi connectivity index (χ0v) is 14.8. The number of carbonyl (C=O) groups is 1. The van der Waals surface area contributed by atoms with Gasteiger partial charge in [0.1, 0.15) is 0 Å². The molecule has 2 aromatic carbocycles. The summed E-state index contributed by atoms with van der Waals surface area (Å²) in [5.74, 6) is -0.608. The Morgan fingerprint density at radius 3 is 2.48 bits per heavy atom. The van der Waals surface area contributed by atoms with Crippen molar-refractivity contribution in [1.29, 1.82) is 0 Å². The molecule has 1 heterocycles. The van der Waals surface area contributed by atoms with E-state index in [0.717, 1.165) is 12.1 Å². The van der Waals surface area contributed by atoms with Crippen LogP contribution >= 0.6 is 17.0 Å². The van der Waals surface area contributed by atoms with Crippen LogP contribution < -0.4 is 10.6 Å². The number of likely N-dealkylation sites (N-methyl/N-ethyl adjacent to an activating group) is 1. The van der Waals surface area contributed by atoms with Gasteiger partial charge < -0.3 is 4.90 Å². The van der Waals surface area contributed by atoms with Crippen LogP contribution in [0.1, 0.15) is 16.7 Å². The first-order valence-corrected chi connectivity index (χ1v) is 7.12. The fourth-order valence-electron chi connectivity index (χ4n) is 2.62. The van der Waals surface area contributed by atoms with E-state index in [-0.39, 0.29) is 22.5 Å². The van der Waals surface area contributed by atoms with Crippen molar-refractivity contribution in [3.8, 4) is 0 Å². The van der Waals surface area contributed by atoms with Crippen molar-refractivity contribution in [2.75, 3.05) is 11.9 Å². The molecule has 25 heavy (non-hydrogen) atoms. The van der Waals surface area contributed by atoms with Crippen LogP contribution in [0.25, 0.3) is 0 Å². The third-order valence-electron chi connectivity index (χ3n) is 3.97. The minimum absolute atomic E-state index is 0. The van der Waals surface area contributed by atoms with E-state index < -0.39 is 23.3 Å². The molecule has 132 valence electrons. The van der Waals surface area contributed by atoms with E-state index in [0.29, 0.717) is 11.3 Å². The number of halogens is 4. The highest BCUT2D eigenvalue weighted by atomic mass is 79.9. The summed E-state index contributed by atoms with van der Waals surface area (Å²) in [7, 11) is 1.52. The summed E-state index contributed by atoms with van der Waals surface area (Å²) in [5, 5.41) is 0. The molecule has 0 fully saturated rings. The van der Waals surface area contributed by atoms with Crippen LogP contribution in [0.15, 0.2) is 53.5 Å². The maximum absolute atomic E-state index is 13.0. The van der Waals surface area contributed by atoms with Crippen molar-refractivity contribution in [3.63, 3.8) is 0 Å². The monoisotopic (exact) mass is 413 g/mol. The molecule has 0 radical (unpaired) electrons. The molecule has 0 spiro atoms. The van der Waals surface area contributed by atoms with E-state index in [1.807, 2.05) is 0 Å². The number of hydrogen-bond donors (Lipinski definition) is 1. The van der Waals surface area contributed by atoms with Crippen LogP contribution in [0.3, 0.4) is 0 Å². The Hall–Kier alpha value is -2.19. The average Bonchev–Trinajstić information content (AvgIpc) is 2.66. The maximum atomic E-state index is 13.0. The molecule has 1 amide bonds. The minimum Gasteiger partial charge on any atom is -0.311 e. The quantitative estimate of drug-likeness (QED) is 0.777. The lowest BCUT2D eigenvalue weighted by molar-refractivity contribution is -0.137. The highest BCUT2D eigenvalue weighted by Crippen LogP contribution is 2.34. The molecule has 1 atom stereocenters. The predicted octanol–water partition coefficient (Wildman–Crippen LogP) is 3.49. The number of anilines is 1. The number of amides is 1. The van der Waals surface area contributed by atoms with Crippen molar-refractivity contribution in [2.24, 2.45) is 10.7 Å². The zero-order valence-electron chi connectivity index (χ0n) is 13.1. The second-order valence-electron chi connectivity index (χ2n) is 5.53. The smallest absolute Gasteiger partial charge is 0.311 e. The van der Waals surface area contributed by atoms with E-state index in [4.69, 9.17) is 5.73 Å². The molecule has 0 aliphatic carbocycles. The molecule has 0 saturated carbocycles. The number of aliphatic imine (C=N–C) groups is 1. The average molecular weight is 414 g/mol. The Kier molecular flexibility index (Phi) is 5.06. The van der Waals surface area contributed by atoms with Crippen molar-refractivity contribution < 1.29 is 18.0 Å². The lowest BCUT2D eigenvalue weighted by Gasteiger charge is -2.28. The third kappa shape index (κ3) is 3.32. The number of hydrogen-bond acceptors (Lipinski definition) is 3. The fraction of sp³-hybridized carbons (Fsp3) is 0.176. The van der Waals surface area contributed by atoms with E-state index in [1.165, 1.54) is 30.3 Å². The van der Waals surface area contributed by atoms with Crippen molar-refractivity contribution >= 4 is 34.8 Å². The van der Waals surface area contributed by atoms with E-state index in [1.54, 1.807) is 24.3 Å². The molecule has 8 heteroatoms. The number of nitrogens with two attached hydrogens (primary N) is 1. The van der Waals surface area contributed by atoms with Crippen LogP contribution in [0.5, 0.6) is 0 Å². The summed E-state index contributed by atoms with van der Waals surface area (Å²) < 4.78 is 38.9. The third-order valence-corrected chi connectivity index (χ3v) is 3.97. The summed E-state index contributed by atoms with van der Waals surface area (Å²) in [5.41, 5.74) is 4.58. The van der Waals surface area contributed by atoms with Gasteiger partial charge in [-0.05, 0) is 18.2 Å². The Labute approximate surface area is 152 Å². The summed E-state index contributed by atoms with van der Waals surface area (Å²) in [6, 6.07) is 11.4. The molecule has 4 nitrogen and oxygen atoms in total. The van der Waals surface area contributed by atoms with E-state index in [9.17, 15) is 18.0 Å². The van der Waals surface area contributed by atoms with Gasteiger partial charge in [-0.15, -0.1) is 17.0 Å². The first kappa shape index (κ1) is 19.1. The maximum Gasteiger partial charge on any atom is 0.416 e. The first-order valence-electron chi connectivity index (χ1n) is 7.12. The summed E-state index contributed by atoms with van der Waals surface area (Å²) in [6.07, 6.45) is -3.12. The minimum atomic E-state index is -4.53. The number of para-hydroxylation sites is 1. The molecule has 1 aliphatic rings. The van der Waals surface area contributed by atoms with Crippen molar-refractivity contribution in [3.05, 3.63) is 65.2 Å². The van der Waals surface area contributed by atoms with Gasteiger partial charge in [-0.1, -0.05) is 30.3 Å². The van der Waals surface area contributed by atoms with Gasteiger partial charge in [0.2, 0.25) is 5.66 Å². The van der Waals surface area contributed by atoms with Gasteiger partial charge in [0, 0.05) is 24.4 Å².